The second kappa shape index (κ2) is 14.4. The summed E-state index contributed by atoms with van der Waals surface area (Å²) >= 11 is 16.9. The van der Waals surface area contributed by atoms with Gasteiger partial charge in [-0.3, -0.25) is 0 Å². The van der Waals surface area contributed by atoms with Crippen molar-refractivity contribution in [3.05, 3.63) is 68.2 Å². The molecule has 40 heavy (non-hydrogen) atoms. The number of nitrogens with two attached hydrogens (primary N) is 3. The van der Waals surface area contributed by atoms with E-state index in [0.29, 0.717) is 0 Å². The van der Waals surface area contributed by atoms with Gasteiger partial charge in [0.15, 0.2) is 0 Å². The van der Waals surface area contributed by atoms with Crippen molar-refractivity contribution in [2.24, 2.45) is 0 Å². The fourth-order valence-corrected chi connectivity index (χ4v) is 6.23. The van der Waals surface area contributed by atoms with Crippen LogP contribution in [0.15, 0.2) is 51.1 Å². The number of benzene rings is 3. The number of anilines is 3. The van der Waals surface area contributed by atoms with Crippen LogP contribution in [0.1, 0.15) is 16.7 Å². The van der Waals surface area contributed by atoms with Crippen molar-refractivity contribution in [3.63, 3.8) is 0 Å². The summed E-state index contributed by atoms with van der Waals surface area (Å²) < 4.78 is 96.6. The molecule has 0 aliphatic rings. The Bertz CT molecular complexity index is 1530. The minimum atomic E-state index is -4.55. The van der Waals surface area contributed by atoms with E-state index in [4.69, 9.17) is 52.0 Å². The van der Waals surface area contributed by atoms with Crippen LogP contribution in [0.3, 0.4) is 0 Å². The number of rotatable bonds is 3. The molecule has 0 spiro atoms. The molecule has 223 valence electrons. The third-order valence-electron chi connectivity index (χ3n) is 4.86. The first-order valence-electron chi connectivity index (χ1n) is 10.0. The monoisotopic (exact) mass is 718 g/mol. The summed E-state index contributed by atoms with van der Waals surface area (Å²) in [5.74, 6) is 0. The van der Waals surface area contributed by atoms with E-state index in [0.717, 1.165) is 0 Å². The van der Waals surface area contributed by atoms with Crippen molar-refractivity contribution in [1.29, 1.82) is 0 Å². The normalized spacial score (nSPS) is 11.3. The predicted molar refractivity (Wildman–Crippen MR) is 146 cm³/mol. The zero-order valence-corrected chi connectivity index (χ0v) is 26.3. The van der Waals surface area contributed by atoms with Gasteiger partial charge in [0.05, 0.1) is 14.7 Å². The smallest absolute Gasteiger partial charge is 0.744 e. The summed E-state index contributed by atoms with van der Waals surface area (Å²) in [4.78, 5) is -1.29. The maximum atomic E-state index is 10.7. The Morgan fingerprint density at radius 3 is 0.800 bits per heavy atom. The first-order valence-corrected chi connectivity index (χ1v) is 15.4. The fraction of sp³-hybridized carbons (Fsp3) is 0.143. The topological polar surface area (TPSA) is 250 Å². The number of hydrogen-bond acceptors (Lipinski definition) is 12. The van der Waals surface area contributed by atoms with Gasteiger partial charge in [-0.1, -0.05) is 34.8 Å². The second-order valence-electron chi connectivity index (χ2n) is 7.63. The van der Waals surface area contributed by atoms with Crippen LogP contribution >= 0.6 is 34.8 Å². The van der Waals surface area contributed by atoms with Gasteiger partial charge in [0.2, 0.25) is 0 Å². The molecule has 0 unspecified atom stereocenters. The van der Waals surface area contributed by atoms with Crippen LogP contribution in [0.4, 0.5) is 17.1 Å². The number of nitrogen functional groups attached to an aromatic ring is 3. The molecule has 0 aliphatic carbocycles. The van der Waals surface area contributed by atoms with Crippen molar-refractivity contribution in [3.8, 4) is 0 Å². The van der Waals surface area contributed by atoms with Crippen LogP contribution < -0.4 is 17.2 Å². The zero-order valence-electron chi connectivity index (χ0n) is 20.5. The average molecular weight is 721 g/mol. The SMILES string of the molecule is Cc1c(Cl)ccc(N)c1S(=O)(=O)[O-].Cc1c(Cl)ccc(N)c1S(=O)(=O)[O-].Cc1c(Cl)ccc(N)c1S(=O)(=O)[O-].[Ni+3]. The summed E-state index contributed by atoms with van der Waals surface area (Å²) in [6.45, 7) is 4.30. The summed E-state index contributed by atoms with van der Waals surface area (Å²) in [5.41, 5.74) is 16.4. The molecule has 0 fully saturated rings. The molecule has 0 bridgehead atoms. The van der Waals surface area contributed by atoms with Crippen molar-refractivity contribution < 1.29 is 55.4 Å². The molecule has 0 saturated heterocycles. The molecule has 0 aliphatic heterocycles. The Morgan fingerprint density at radius 2 is 0.675 bits per heavy atom. The number of halogens is 3. The summed E-state index contributed by atoms with van der Waals surface area (Å²) in [6.07, 6.45) is 0. The van der Waals surface area contributed by atoms with Crippen LogP contribution in [0.5, 0.6) is 0 Å². The van der Waals surface area contributed by atoms with E-state index in [1.807, 2.05) is 0 Å². The fourth-order valence-electron chi connectivity index (χ4n) is 3.06. The van der Waals surface area contributed by atoms with Gasteiger partial charge >= 0.3 is 16.5 Å². The van der Waals surface area contributed by atoms with E-state index in [1.165, 1.54) is 57.2 Å². The minimum absolute atomic E-state index is 0. The van der Waals surface area contributed by atoms with E-state index in [-0.39, 0.29) is 65.3 Å². The van der Waals surface area contributed by atoms with E-state index in [2.05, 4.69) is 0 Å². The van der Waals surface area contributed by atoms with Crippen LogP contribution in [0.2, 0.25) is 15.1 Å². The molecular weight excluding hydrogens is 699 g/mol. The quantitative estimate of drug-likeness (QED) is 0.200. The van der Waals surface area contributed by atoms with Gasteiger partial charge in [0.25, 0.3) is 0 Å². The molecule has 6 N–H and O–H groups in total. The van der Waals surface area contributed by atoms with Crippen molar-refractivity contribution in [2.75, 3.05) is 17.2 Å². The summed E-state index contributed by atoms with van der Waals surface area (Å²) in [7, 11) is -13.6. The molecule has 3 aromatic rings. The van der Waals surface area contributed by atoms with Gasteiger partial charge in [0, 0.05) is 32.1 Å². The summed E-state index contributed by atoms with van der Waals surface area (Å²) in [6, 6.07) is 8.21. The van der Waals surface area contributed by atoms with Crippen LogP contribution in [0, 0.1) is 20.8 Å². The van der Waals surface area contributed by atoms with Crippen molar-refractivity contribution in [1.82, 2.24) is 0 Å². The van der Waals surface area contributed by atoms with Crippen LogP contribution in [-0.4, -0.2) is 38.9 Å². The largest absolute Gasteiger partial charge is 3.00 e. The van der Waals surface area contributed by atoms with Gasteiger partial charge in [0.1, 0.15) is 30.4 Å². The molecule has 0 saturated carbocycles. The molecule has 0 aromatic heterocycles. The van der Waals surface area contributed by atoms with Gasteiger partial charge in [-0.05, 0) is 73.9 Å². The molecule has 12 nitrogen and oxygen atoms in total. The Hall–Kier alpha value is -1.85. The van der Waals surface area contributed by atoms with Gasteiger partial charge in [-0.25, -0.2) is 25.3 Å². The molecule has 0 atom stereocenters. The van der Waals surface area contributed by atoms with Gasteiger partial charge < -0.3 is 30.9 Å². The molecule has 1 radical (unpaired) electrons. The Labute approximate surface area is 257 Å². The first-order chi connectivity index (χ1) is 17.5. The standard InChI is InChI=1S/3C7H8ClNO3S.Ni/c3*1-4-5(8)2-3-6(9)7(4)13(10,11)12;/h3*2-3H,9H2,1H3,(H,10,11,12);/q;;;+3/p-3. The average Bonchev–Trinajstić information content (AvgIpc) is 2.75. The minimum Gasteiger partial charge on any atom is -0.744 e. The Balaban J connectivity index is 0.000000563. The van der Waals surface area contributed by atoms with E-state index in [9.17, 15) is 38.9 Å². The Kier molecular flexibility index (Phi) is 13.7. The third kappa shape index (κ3) is 9.91. The molecule has 0 amide bonds. The van der Waals surface area contributed by atoms with E-state index >= 15 is 0 Å². The Morgan fingerprint density at radius 1 is 0.500 bits per heavy atom. The molecular formula is C21H21Cl3N3NiO9S3. The van der Waals surface area contributed by atoms with Crippen LogP contribution in [0.25, 0.3) is 0 Å². The first kappa shape index (κ1) is 38.2. The maximum absolute atomic E-state index is 10.7. The molecule has 0 heterocycles. The van der Waals surface area contributed by atoms with E-state index in [1.54, 1.807) is 0 Å². The number of hydrogen-bond donors (Lipinski definition) is 3. The van der Waals surface area contributed by atoms with Gasteiger partial charge in [-0.15, -0.1) is 0 Å². The van der Waals surface area contributed by atoms with Gasteiger partial charge in [-0.2, -0.15) is 0 Å². The van der Waals surface area contributed by atoms with Crippen molar-refractivity contribution >= 4 is 82.2 Å². The van der Waals surface area contributed by atoms with Crippen molar-refractivity contribution in [2.45, 2.75) is 35.5 Å². The maximum Gasteiger partial charge on any atom is 3.00 e. The molecule has 3 rings (SSSR count). The third-order valence-corrected chi connectivity index (χ3v) is 9.21. The second-order valence-corrected chi connectivity index (χ2v) is 12.8. The van der Waals surface area contributed by atoms with Crippen LogP contribution in [-0.2, 0) is 46.8 Å². The zero-order chi connectivity index (χ0) is 30.7. The molecule has 3 aromatic carbocycles. The molecule has 19 heteroatoms. The van der Waals surface area contributed by atoms with E-state index < -0.39 is 45.0 Å². The predicted octanol–water partition coefficient (Wildman–Crippen LogP) is 3.40. The summed E-state index contributed by atoms with van der Waals surface area (Å²) in [5, 5.41) is 0.635.